The fraction of sp³-hybridized carbons (Fsp3) is 0.389. The summed E-state index contributed by atoms with van der Waals surface area (Å²) < 4.78 is 6.90. The molecule has 1 fully saturated rings. The summed E-state index contributed by atoms with van der Waals surface area (Å²) in [6.45, 7) is 1.48. The van der Waals surface area contributed by atoms with E-state index in [2.05, 4.69) is 15.7 Å². The molecule has 7 nitrogen and oxygen atoms in total. The maximum atomic E-state index is 11.8. The van der Waals surface area contributed by atoms with Crippen LogP contribution in [0.3, 0.4) is 0 Å². The topological polar surface area (TPSA) is 85.2 Å². The molecule has 2 aromatic rings. The Hall–Kier alpha value is -2.83. The second-order valence-corrected chi connectivity index (χ2v) is 5.94. The van der Waals surface area contributed by atoms with E-state index in [1.807, 2.05) is 30.3 Å². The Kier molecular flexibility index (Phi) is 5.66. The fourth-order valence-corrected chi connectivity index (χ4v) is 2.41. The van der Waals surface area contributed by atoms with Crippen LogP contribution in [0.4, 0.5) is 4.79 Å². The Balaban J connectivity index is 1.34. The van der Waals surface area contributed by atoms with Gasteiger partial charge in [0.05, 0.1) is 18.8 Å². The van der Waals surface area contributed by atoms with E-state index in [9.17, 15) is 9.59 Å². The van der Waals surface area contributed by atoms with Crippen LogP contribution in [0.2, 0.25) is 0 Å². The van der Waals surface area contributed by atoms with Crippen molar-refractivity contribution in [2.45, 2.75) is 25.3 Å². The molecule has 0 radical (unpaired) electrons. The number of hydrogen-bond acceptors (Lipinski definition) is 4. The van der Waals surface area contributed by atoms with Crippen molar-refractivity contribution in [1.29, 1.82) is 0 Å². The summed E-state index contributed by atoms with van der Waals surface area (Å²) in [5.74, 6) is 1.26. The summed E-state index contributed by atoms with van der Waals surface area (Å²) in [4.78, 5) is 23.5. The molecule has 1 aromatic carbocycles. The van der Waals surface area contributed by atoms with Gasteiger partial charge in [-0.1, -0.05) is 18.2 Å². The Bertz CT molecular complexity index is 756. The van der Waals surface area contributed by atoms with Crippen molar-refractivity contribution in [3.63, 3.8) is 0 Å². The third kappa shape index (κ3) is 5.34. The number of carbonyl (C=O) groups excluding carboxylic acids is 1. The average Bonchev–Trinajstić information content (AvgIpc) is 3.46. The number of para-hydroxylation sites is 1. The van der Waals surface area contributed by atoms with E-state index in [1.165, 1.54) is 4.68 Å². The first-order valence-corrected chi connectivity index (χ1v) is 8.50. The lowest BCUT2D eigenvalue weighted by molar-refractivity contribution is 0.236. The third-order valence-corrected chi connectivity index (χ3v) is 3.89. The minimum absolute atomic E-state index is 0.150. The molecule has 2 N–H and O–H groups in total. The molecular formula is C18H22N4O3. The van der Waals surface area contributed by atoms with Crippen LogP contribution in [-0.4, -0.2) is 35.5 Å². The molecule has 132 valence electrons. The van der Waals surface area contributed by atoms with Gasteiger partial charge in [0.15, 0.2) is 0 Å². The number of nitrogens with one attached hydrogen (secondary N) is 2. The first kappa shape index (κ1) is 17.0. The lowest BCUT2D eigenvalue weighted by Crippen LogP contribution is -2.40. The van der Waals surface area contributed by atoms with Gasteiger partial charge in [0.2, 0.25) is 0 Å². The first-order valence-electron chi connectivity index (χ1n) is 8.50. The molecule has 7 heteroatoms. The molecule has 0 aliphatic heterocycles. The molecule has 1 aliphatic rings. The maximum Gasteiger partial charge on any atom is 0.314 e. The van der Waals surface area contributed by atoms with E-state index >= 15 is 0 Å². The van der Waals surface area contributed by atoms with Crippen molar-refractivity contribution in [3.05, 3.63) is 58.5 Å². The van der Waals surface area contributed by atoms with Crippen LogP contribution in [-0.2, 0) is 6.54 Å². The molecule has 3 rings (SSSR count). The van der Waals surface area contributed by atoms with Crippen LogP contribution in [0.15, 0.2) is 47.3 Å². The predicted molar refractivity (Wildman–Crippen MR) is 93.8 cm³/mol. The smallest absolute Gasteiger partial charge is 0.314 e. The van der Waals surface area contributed by atoms with Gasteiger partial charge in [-0.3, -0.25) is 4.79 Å². The molecule has 1 heterocycles. The lowest BCUT2D eigenvalue weighted by Gasteiger charge is -2.10. The van der Waals surface area contributed by atoms with Gasteiger partial charge in [-0.2, -0.15) is 5.10 Å². The van der Waals surface area contributed by atoms with E-state index in [0.29, 0.717) is 32.2 Å². The van der Waals surface area contributed by atoms with E-state index in [1.54, 1.807) is 12.1 Å². The van der Waals surface area contributed by atoms with Crippen molar-refractivity contribution >= 4 is 6.03 Å². The van der Waals surface area contributed by atoms with E-state index in [4.69, 9.17) is 4.74 Å². The highest BCUT2D eigenvalue weighted by atomic mass is 16.5. The molecule has 1 saturated carbocycles. The van der Waals surface area contributed by atoms with Crippen LogP contribution >= 0.6 is 0 Å². The molecular weight excluding hydrogens is 320 g/mol. The highest BCUT2D eigenvalue weighted by Crippen LogP contribution is 2.38. The SMILES string of the molecule is O=C(NCCOc1ccccc1)NCCn1nc(C2CC2)ccc1=O. The van der Waals surface area contributed by atoms with Gasteiger partial charge in [-0.25, -0.2) is 9.48 Å². The molecule has 0 unspecified atom stereocenters. The molecule has 0 atom stereocenters. The summed E-state index contributed by atoms with van der Waals surface area (Å²) in [5.41, 5.74) is 0.810. The van der Waals surface area contributed by atoms with Crippen LogP contribution < -0.4 is 20.9 Å². The van der Waals surface area contributed by atoms with Crippen LogP contribution in [0.5, 0.6) is 5.75 Å². The predicted octanol–water partition coefficient (Wildman–Crippen LogP) is 1.50. The Morgan fingerprint density at radius 2 is 1.88 bits per heavy atom. The van der Waals surface area contributed by atoms with Crippen molar-refractivity contribution in [2.75, 3.05) is 19.7 Å². The zero-order valence-electron chi connectivity index (χ0n) is 14.0. The van der Waals surface area contributed by atoms with E-state index < -0.39 is 0 Å². The Morgan fingerprint density at radius 3 is 2.64 bits per heavy atom. The zero-order chi connectivity index (χ0) is 17.5. The summed E-state index contributed by atoms with van der Waals surface area (Å²) in [6, 6.07) is 12.5. The van der Waals surface area contributed by atoms with E-state index in [-0.39, 0.29) is 11.6 Å². The quantitative estimate of drug-likeness (QED) is 0.712. The highest BCUT2D eigenvalue weighted by molar-refractivity contribution is 5.73. The van der Waals surface area contributed by atoms with Gasteiger partial charge in [0.1, 0.15) is 12.4 Å². The zero-order valence-corrected chi connectivity index (χ0v) is 14.0. The molecule has 0 saturated heterocycles. The highest BCUT2D eigenvalue weighted by Gasteiger charge is 2.25. The molecule has 2 amide bonds. The second kappa shape index (κ2) is 8.32. The number of nitrogens with zero attached hydrogens (tertiary/aromatic N) is 2. The van der Waals surface area contributed by atoms with Crippen molar-refractivity contribution < 1.29 is 9.53 Å². The summed E-state index contributed by atoms with van der Waals surface area (Å²) in [7, 11) is 0. The summed E-state index contributed by atoms with van der Waals surface area (Å²) in [6.07, 6.45) is 2.27. The third-order valence-electron chi connectivity index (χ3n) is 3.89. The number of amides is 2. The molecule has 25 heavy (non-hydrogen) atoms. The van der Waals surface area contributed by atoms with E-state index in [0.717, 1.165) is 24.3 Å². The summed E-state index contributed by atoms with van der Waals surface area (Å²) >= 11 is 0. The number of benzene rings is 1. The van der Waals surface area contributed by atoms with Gasteiger partial charge in [-0.15, -0.1) is 0 Å². The second-order valence-electron chi connectivity index (χ2n) is 5.94. The minimum Gasteiger partial charge on any atom is -0.492 e. The number of ether oxygens (including phenoxy) is 1. The van der Waals surface area contributed by atoms with Gasteiger partial charge < -0.3 is 15.4 Å². The normalized spacial score (nSPS) is 13.3. The summed E-state index contributed by atoms with van der Waals surface area (Å²) in [5, 5.41) is 9.78. The molecule has 1 aromatic heterocycles. The average molecular weight is 342 g/mol. The number of urea groups is 1. The number of carbonyl (C=O) groups is 1. The fourth-order valence-electron chi connectivity index (χ4n) is 2.41. The Morgan fingerprint density at radius 1 is 1.12 bits per heavy atom. The standard InChI is InChI=1S/C18H22N4O3/c23-17-9-8-16(14-6-7-14)21-22(17)12-10-19-18(24)20-11-13-25-15-4-2-1-3-5-15/h1-5,8-9,14H,6-7,10-13H2,(H2,19,20,24). The number of aromatic nitrogens is 2. The van der Waals surface area contributed by atoms with Gasteiger partial charge in [0, 0.05) is 18.5 Å². The number of hydrogen-bond donors (Lipinski definition) is 2. The monoisotopic (exact) mass is 342 g/mol. The van der Waals surface area contributed by atoms with Crippen LogP contribution in [0.1, 0.15) is 24.5 Å². The minimum atomic E-state index is -0.289. The van der Waals surface area contributed by atoms with Crippen LogP contribution in [0, 0.1) is 0 Å². The van der Waals surface area contributed by atoms with Crippen molar-refractivity contribution in [2.24, 2.45) is 0 Å². The van der Waals surface area contributed by atoms with Gasteiger partial charge >= 0.3 is 6.03 Å². The van der Waals surface area contributed by atoms with Crippen molar-refractivity contribution in [1.82, 2.24) is 20.4 Å². The first-order chi connectivity index (χ1) is 12.2. The largest absolute Gasteiger partial charge is 0.492 e. The number of rotatable bonds is 8. The Labute approximate surface area is 146 Å². The van der Waals surface area contributed by atoms with Crippen LogP contribution in [0.25, 0.3) is 0 Å². The van der Waals surface area contributed by atoms with Gasteiger partial charge in [0.25, 0.3) is 5.56 Å². The molecule has 0 spiro atoms. The van der Waals surface area contributed by atoms with Gasteiger partial charge in [-0.05, 0) is 31.0 Å². The maximum absolute atomic E-state index is 11.8. The lowest BCUT2D eigenvalue weighted by atomic mass is 10.3. The molecule has 0 bridgehead atoms. The molecule has 1 aliphatic carbocycles. The van der Waals surface area contributed by atoms with Crippen molar-refractivity contribution in [3.8, 4) is 5.75 Å².